The van der Waals surface area contributed by atoms with Gasteiger partial charge in [-0.05, 0) is 48.4 Å². The lowest BCUT2D eigenvalue weighted by Gasteiger charge is -2.37. The Morgan fingerprint density at radius 1 is 1.06 bits per heavy atom. The fourth-order valence-corrected chi connectivity index (χ4v) is 4.07. The summed E-state index contributed by atoms with van der Waals surface area (Å²) in [6.07, 6.45) is -5.40. The van der Waals surface area contributed by atoms with E-state index in [2.05, 4.69) is 4.90 Å². The van der Waals surface area contributed by atoms with Gasteiger partial charge < -0.3 is 19.3 Å². The first kappa shape index (κ1) is 21.7. The Balaban J connectivity index is 1.46. The molecule has 1 saturated heterocycles. The fraction of sp³-hybridized carbons (Fsp3) is 0.304. The molecule has 0 bridgehead atoms. The van der Waals surface area contributed by atoms with E-state index in [4.69, 9.17) is 9.52 Å². The van der Waals surface area contributed by atoms with Crippen LogP contribution in [0.15, 0.2) is 46.9 Å². The second-order valence-corrected chi connectivity index (χ2v) is 7.81. The van der Waals surface area contributed by atoms with Crippen LogP contribution in [-0.4, -0.2) is 54.2 Å². The highest BCUT2D eigenvalue weighted by Gasteiger charge is 2.29. The maximum atomic E-state index is 12.8. The van der Waals surface area contributed by atoms with Crippen LogP contribution in [0.25, 0.3) is 11.0 Å². The molecule has 32 heavy (non-hydrogen) atoms. The molecule has 0 spiro atoms. The molecule has 2 aromatic carbocycles. The average Bonchev–Trinajstić information content (AvgIpc) is 3.18. The molecule has 9 heteroatoms. The molecule has 0 saturated carbocycles. The zero-order valence-corrected chi connectivity index (χ0v) is 17.3. The van der Waals surface area contributed by atoms with Crippen LogP contribution in [0, 0.1) is 6.92 Å². The van der Waals surface area contributed by atoms with Crippen LogP contribution in [-0.2, 0) is 6.42 Å². The molecule has 1 N–H and O–H groups in total. The van der Waals surface area contributed by atoms with Gasteiger partial charge in [-0.3, -0.25) is 4.79 Å². The van der Waals surface area contributed by atoms with Crippen LogP contribution in [0.3, 0.4) is 0 Å². The van der Waals surface area contributed by atoms with Crippen LogP contribution in [0.2, 0.25) is 0 Å². The number of amides is 1. The first-order valence-corrected chi connectivity index (χ1v) is 10.1. The molecule has 0 unspecified atom stereocenters. The number of piperazine rings is 1. The van der Waals surface area contributed by atoms with Crippen LogP contribution in [0.1, 0.15) is 32.0 Å². The monoisotopic (exact) mass is 446 g/mol. The fourth-order valence-electron chi connectivity index (χ4n) is 4.07. The number of nitrogens with zero attached hydrogens (tertiary/aromatic N) is 2. The summed E-state index contributed by atoms with van der Waals surface area (Å²) in [5, 5.41) is 9.87. The number of carboxylic acids is 1. The highest BCUT2D eigenvalue weighted by atomic mass is 19.4. The molecule has 2 heterocycles. The van der Waals surface area contributed by atoms with Crippen LogP contribution < -0.4 is 4.90 Å². The normalized spacial score (nSPS) is 14.8. The van der Waals surface area contributed by atoms with Crippen LogP contribution in [0.5, 0.6) is 0 Å². The number of carbonyl (C=O) groups is 2. The molecule has 0 aliphatic carbocycles. The zero-order chi connectivity index (χ0) is 23.0. The summed E-state index contributed by atoms with van der Waals surface area (Å²) in [4.78, 5) is 27.7. The molecule has 0 atom stereocenters. The number of fused-ring (bicyclic) bond motifs is 1. The minimum Gasteiger partial charge on any atom is -0.475 e. The summed E-state index contributed by atoms with van der Waals surface area (Å²) in [6, 6.07) is 10.8. The maximum absolute atomic E-state index is 12.8. The molecular formula is C23H21F3N2O4. The van der Waals surface area contributed by atoms with Crippen molar-refractivity contribution in [1.29, 1.82) is 0 Å². The van der Waals surface area contributed by atoms with Gasteiger partial charge in [0.25, 0.3) is 5.91 Å². The van der Waals surface area contributed by atoms with E-state index in [0.717, 1.165) is 16.6 Å². The number of rotatable bonds is 4. The number of aryl methyl sites for hydroxylation is 1. The summed E-state index contributed by atoms with van der Waals surface area (Å²) in [6.45, 7) is 3.83. The Morgan fingerprint density at radius 3 is 2.44 bits per heavy atom. The molecule has 0 radical (unpaired) electrons. The Labute approximate surface area is 181 Å². The van der Waals surface area contributed by atoms with Crippen molar-refractivity contribution in [3.8, 4) is 0 Å². The van der Waals surface area contributed by atoms with E-state index in [1.54, 1.807) is 11.0 Å². The maximum Gasteiger partial charge on any atom is 0.393 e. The van der Waals surface area contributed by atoms with Crippen molar-refractivity contribution in [3.05, 3.63) is 64.9 Å². The Kier molecular flexibility index (Phi) is 5.58. The molecule has 1 amide bonds. The zero-order valence-electron chi connectivity index (χ0n) is 17.3. The molecule has 168 valence electrons. The topological polar surface area (TPSA) is 74.0 Å². The van der Waals surface area contributed by atoms with E-state index in [-0.39, 0.29) is 22.8 Å². The van der Waals surface area contributed by atoms with E-state index in [1.165, 1.54) is 30.3 Å². The first-order chi connectivity index (χ1) is 15.1. The van der Waals surface area contributed by atoms with Gasteiger partial charge in [0.1, 0.15) is 5.58 Å². The van der Waals surface area contributed by atoms with Crippen molar-refractivity contribution in [2.75, 3.05) is 31.1 Å². The third kappa shape index (κ3) is 4.42. The summed E-state index contributed by atoms with van der Waals surface area (Å²) in [5.74, 6) is -1.54. The number of hydrogen-bond acceptors (Lipinski definition) is 4. The quantitative estimate of drug-likeness (QED) is 0.639. The summed E-state index contributed by atoms with van der Waals surface area (Å²) in [5.41, 5.74) is 2.62. The van der Waals surface area contributed by atoms with Crippen molar-refractivity contribution >= 4 is 28.5 Å². The SMILES string of the molecule is Cc1c(N2CCN(C(=O)c3cccc(CC(F)(F)F)c3)CC2)ccc2oc(C(=O)O)cc12. The van der Waals surface area contributed by atoms with Crippen molar-refractivity contribution in [3.63, 3.8) is 0 Å². The van der Waals surface area contributed by atoms with Gasteiger partial charge >= 0.3 is 12.1 Å². The van der Waals surface area contributed by atoms with E-state index >= 15 is 0 Å². The van der Waals surface area contributed by atoms with E-state index in [1.807, 2.05) is 13.0 Å². The van der Waals surface area contributed by atoms with Gasteiger partial charge in [0.05, 0.1) is 6.42 Å². The Bertz CT molecular complexity index is 1180. The molecule has 3 aromatic rings. The highest BCUT2D eigenvalue weighted by molar-refractivity contribution is 5.95. The Morgan fingerprint density at radius 2 is 1.78 bits per heavy atom. The number of aromatic carboxylic acids is 1. The van der Waals surface area contributed by atoms with E-state index in [9.17, 15) is 22.8 Å². The molecule has 1 aromatic heterocycles. The number of halogens is 3. The first-order valence-electron chi connectivity index (χ1n) is 10.1. The predicted octanol–water partition coefficient (Wildman–Crippen LogP) is 4.51. The standard InChI is InChI=1S/C23H21F3N2O4/c1-14-17-12-20(22(30)31)32-19(17)6-5-18(14)27-7-9-28(10-8-27)21(29)16-4-2-3-15(11-16)13-23(24,25)26/h2-6,11-12H,7-10,13H2,1H3,(H,30,31). The second-order valence-electron chi connectivity index (χ2n) is 7.81. The lowest BCUT2D eigenvalue weighted by atomic mass is 10.1. The van der Waals surface area contributed by atoms with E-state index in [0.29, 0.717) is 31.8 Å². The average molecular weight is 446 g/mol. The number of carboxylic acid groups (broad SMARTS) is 1. The van der Waals surface area contributed by atoms with Gasteiger partial charge in [0.15, 0.2) is 0 Å². The van der Waals surface area contributed by atoms with Gasteiger partial charge in [-0.15, -0.1) is 0 Å². The summed E-state index contributed by atoms with van der Waals surface area (Å²) in [7, 11) is 0. The number of furan rings is 1. The molecule has 1 fully saturated rings. The van der Waals surface area contributed by atoms with Crippen LogP contribution >= 0.6 is 0 Å². The van der Waals surface area contributed by atoms with Gasteiger partial charge in [-0.2, -0.15) is 13.2 Å². The number of benzene rings is 2. The largest absolute Gasteiger partial charge is 0.475 e. The lowest BCUT2D eigenvalue weighted by Crippen LogP contribution is -2.49. The van der Waals surface area contributed by atoms with Crippen molar-refractivity contribution in [2.24, 2.45) is 0 Å². The lowest BCUT2D eigenvalue weighted by molar-refractivity contribution is -0.127. The molecule has 1 aliphatic rings. The predicted molar refractivity (Wildman–Crippen MR) is 112 cm³/mol. The van der Waals surface area contributed by atoms with Crippen molar-refractivity contribution < 1.29 is 32.3 Å². The number of anilines is 1. The summed E-state index contributed by atoms with van der Waals surface area (Å²) >= 11 is 0. The molecule has 4 rings (SSSR count). The number of alkyl halides is 3. The third-order valence-electron chi connectivity index (χ3n) is 5.64. The summed E-state index contributed by atoms with van der Waals surface area (Å²) < 4.78 is 43.4. The van der Waals surface area contributed by atoms with Gasteiger partial charge in [-0.25, -0.2) is 4.79 Å². The smallest absolute Gasteiger partial charge is 0.393 e. The van der Waals surface area contributed by atoms with Crippen LogP contribution in [0.4, 0.5) is 18.9 Å². The van der Waals surface area contributed by atoms with Crippen molar-refractivity contribution in [1.82, 2.24) is 4.90 Å². The molecule has 6 nitrogen and oxygen atoms in total. The minimum atomic E-state index is -4.33. The van der Waals surface area contributed by atoms with Gasteiger partial charge in [0.2, 0.25) is 5.76 Å². The number of carbonyl (C=O) groups excluding carboxylic acids is 1. The molecular weight excluding hydrogens is 425 g/mol. The second kappa shape index (κ2) is 8.22. The molecule has 1 aliphatic heterocycles. The van der Waals surface area contributed by atoms with Gasteiger partial charge in [-0.1, -0.05) is 12.1 Å². The van der Waals surface area contributed by atoms with Gasteiger partial charge in [0, 0.05) is 42.8 Å². The number of hydrogen-bond donors (Lipinski definition) is 1. The highest BCUT2D eigenvalue weighted by Crippen LogP contribution is 2.31. The van der Waals surface area contributed by atoms with E-state index < -0.39 is 18.6 Å². The third-order valence-corrected chi connectivity index (χ3v) is 5.64. The van der Waals surface area contributed by atoms with Crippen molar-refractivity contribution in [2.45, 2.75) is 19.5 Å². The minimum absolute atomic E-state index is 0.0618. The Hall–Kier alpha value is -3.49.